The lowest BCUT2D eigenvalue weighted by atomic mass is 10.1. The highest BCUT2D eigenvalue weighted by molar-refractivity contribution is 7.17. The van der Waals surface area contributed by atoms with Crippen molar-refractivity contribution in [2.75, 3.05) is 17.7 Å². The maximum atomic E-state index is 11.9. The average Bonchev–Trinajstić information content (AvgIpc) is 2.88. The normalized spacial score (nSPS) is 10.1. The second-order valence-corrected chi connectivity index (χ2v) is 4.65. The summed E-state index contributed by atoms with van der Waals surface area (Å²) >= 11 is 1.22. The van der Waals surface area contributed by atoms with Crippen molar-refractivity contribution in [1.29, 1.82) is 0 Å². The van der Waals surface area contributed by atoms with Gasteiger partial charge >= 0.3 is 0 Å². The molecule has 1 aromatic carbocycles. The molecule has 0 bridgehead atoms. The van der Waals surface area contributed by atoms with E-state index in [9.17, 15) is 4.79 Å². The van der Waals surface area contributed by atoms with Crippen molar-refractivity contribution in [1.82, 2.24) is 10.2 Å². The molecule has 0 spiro atoms. The monoisotopic (exact) mass is 262 g/mol. The van der Waals surface area contributed by atoms with Crippen LogP contribution in [-0.4, -0.2) is 23.2 Å². The van der Waals surface area contributed by atoms with Crippen LogP contribution in [0.15, 0.2) is 24.3 Å². The summed E-state index contributed by atoms with van der Waals surface area (Å²) in [5.74, 6) is -0.234. The van der Waals surface area contributed by atoms with E-state index < -0.39 is 0 Å². The number of hydrogen-bond acceptors (Lipinski definition) is 5. The summed E-state index contributed by atoms with van der Waals surface area (Å²) in [5, 5.41) is 14.3. The summed E-state index contributed by atoms with van der Waals surface area (Å²) in [6.07, 6.45) is 0.937. The maximum Gasteiger partial charge on any atom is 0.286 e. The Hall–Kier alpha value is -1.95. The Labute approximate surface area is 109 Å². The molecule has 1 amide bonds. The standard InChI is InChI=1S/C12H14N4OS/c1-3-8-5-4-6-9(7-8)14-10(17)11-15-16-12(13-2)18-11/h4-7H,3H2,1-2H3,(H,13,16)(H,14,17). The van der Waals surface area contributed by atoms with Crippen molar-refractivity contribution in [3.05, 3.63) is 34.8 Å². The molecule has 0 aliphatic heterocycles. The predicted octanol–water partition coefficient (Wildman–Crippen LogP) is 2.39. The van der Waals surface area contributed by atoms with Crippen LogP contribution in [0.4, 0.5) is 10.8 Å². The second kappa shape index (κ2) is 5.59. The van der Waals surface area contributed by atoms with Gasteiger partial charge in [0.1, 0.15) is 0 Å². The molecule has 2 rings (SSSR count). The molecule has 94 valence electrons. The van der Waals surface area contributed by atoms with Gasteiger partial charge < -0.3 is 10.6 Å². The zero-order valence-corrected chi connectivity index (χ0v) is 11.0. The highest BCUT2D eigenvalue weighted by Crippen LogP contribution is 2.17. The zero-order valence-electron chi connectivity index (χ0n) is 10.2. The molecule has 1 heterocycles. The number of benzene rings is 1. The second-order valence-electron chi connectivity index (χ2n) is 3.67. The highest BCUT2D eigenvalue weighted by atomic mass is 32.1. The van der Waals surface area contributed by atoms with E-state index in [0.29, 0.717) is 10.1 Å². The third-order valence-corrected chi connectivity index (χ3v) is 3.37. The first-order chi connectivity index (χ1) is 8.72. The molecule has 0 saturated carbocycles. The minimum atomic E-state index is -0.234. The van der Waals surface area contributed by atoms with Crippen LogP contribution in [-0.2, 0) is 6.42 Å². The molecule has 0 saturated heterocycles. The number of carbonyl (C=O) groups is 1. The van der Waals surface area contributed by atoms with Crippen molar-refractivity contribution in [2.24, 2.45) is 0 Å². The molecule has 0 aliphatic rings. The zero-order chi connectivity index (χ0) is 13.0. The predicted molar refractivity (Wildman–Crippen MR) is 73.2 cm³/mol. The van der Waals surface area contributed by atoms with E-state index in [1.165, 1.54) is 16.9 Å². The SMILES string of the molecule is CCc1cccc(NC(=O)c2nnc(NC)s2)c1. The number of aryl methyl sites for hydroxylation is 1. The Morgan fingerprint density at radius 3 is 2.89 bits per heavy atom. The van der Waals surface area contributed by atoms with Gasteiger partial charge in [-0.2, -0.15) is 0 Å². The van der Waals surface area contributed by atoms with Crippen LogP contribution >= 0.6 is 11.3 Å². The van der Waals surface area contributed by atoms with Crippen molar-refractivity contribution in [3.8, 4) is 0 Å². The Bertz CT molecular complexity index is 553. The number of aromatic nitrogens is 2. The van der Waals surface area contributed by atoms with E-state index in [1.54, 1.807) is 7.05 Å². The highest BCUT2D eigenvalue weighted by Gasteiger charge is 2.12. The number of nitrogens with one attached hydrogen (secondary N) is 2. The maximum absolute atomic E-state index is 11.9. The van der Waals surface area contributed by atoms with Gasteiger partial charge in [0.05, 0.1) is 0 Å². The van der Waals surface area contributed by atoms with Crippen LogP contribution in [0, 0.1) is 0 Å². The Kier molecular flexibility index (Phi) is 3.88. The number of rotatable bonds is 4. The van der Waals surface area contributed by atoms with Crippen molar-refractivity contribution in [2.45, 2.75) is 13.3 Å². The van der Waals surface area contributed by atoms with Gasteiger partial charge in [-0.05, 0) is 24.1 Å². The van der Waals surface area contributed by atoms with E-state index in [2.05, 4.69) is 27.8 Å². The summed E-state index contributed by atoms with van der Waals surface area (Å²) in [4.78, 5) is 11.9. The lowest BCUT2D eigenvalue weighted by Crippen LogP contribution is -2.11. The molecule has 2 N–H and O–H groups in total. The Morgan fingerprint density at radius 1 is 1.39 bits per heavy atom. The van der Waals surface area contributed by atoms with Crippen molar-refractivity contribution in [3.63, 3.8) is 0 Å². The summed E-state index contributed by atoms with van der Waals surface area (Å²) in [5.41, 5.74) is 1.96. The van der Waals surface area contributed by atoms with Gasteiger partial charge in [0.25, 0.3) is 5.91 Å². The van der Waals surface area contributed by atoms with Gasteiger partial charge in [0, 0.05) is 12.7 Å². The molecular weight excluding hydrogens is 248 g/mol. The van der Waals surface area contributed by atoms with E-state index in [4.69, 9.17) is 0 Å². The molecule has 5 nitrogen and oxygen atoms in total. The summed E-state index contributed by atoms with van der Waals surface area (Å²) in [7, 11) is 1.74. The van der Waals surface area contributed by atoms with Crippen LogP contribution in [0.3, 0.4) is 0 Å². The first kappa shape index (κ1) is 12.5. The van der Waals surface area contributed by atoms with Crippen LogP contribution in [0.2, 0.25) is 0 Å². The van der Waals surface area contributed by atoms with E-state index in [0.717, 1.165) is 12.1 Å². The fourth-order valence-electron chi connectivity index (χ4n) is 1.47. The molecule has 1 aromatic heterocycles. The van der Waals surface area contributed by atoms with Crippen molar-refractivity contribution >= 4 is 28.1 Å². The van der Waals surface area contributed by atoms with Gasteiger partial charge in [0.2, 0.25) is 10.1 Å². The number of nitrogens with zero attached hydrogens (tertiary/aromatic N) is 2. The van der Waals surface area contributed by atoms with Crippen LogP contribution in [0.5, 0.6) is 0 Å². The van der Waals surface area contributed by atoms with Gasteiger partial charge in [-0.1, -0.05) is 30.4 Å². The van der Waals surface area contributed by atoms with Crippen LogP contribution < -0.4 is 10.6 Å². The number of anilines is 2. The average molecular weight is 262 g/mol. The van der Waals surface area contributed by atoms with Crippen molar-refractivity contribution < 1.29 is 4.79 Å². The van der Waals surface area contributed by atoms with Gasteiger partial charge in [-0.15, -0.1) is 10.2 Å². The minimum Gasteiger partial charge on any atom is -0.363 e. The van der Waals surface area contributed by atoms with E-state index in [-0.39, 0.29) is 5.91 Å². The smallest absolute Gasteiger partial charge is 0.286 e. The molecule has 0 fully saturated rings. The molecule has 0 atom stereocenters. The fraction of sp³-hybridized carbons (Fsp3) is 0.250. The Morgan fingerprint density at radius 2 is 2.22 bits per heavy atom. The molecule has 0 radical (unpaired) electrons. The Balaban J connectivity index is 2.10. The van der Waals surface area contributed by atoms with Gasteiger partial charge in [0.15, 0.2) is 0 Å². The van der Waals surface area contributed by atoms with E-state index in [1.807, 2.05) is 24.3 Å². The van der Waals surface area contributed by atoms with E-state index >= 15 is 0 Å². The minimum absolute atomic E-state index is 0.234. The first-order valence-corrected chi connectivity index (χ1v) is 6.46. The van der Waals surface area contributed by atoms with Gasteiger partial charge in [-0.25, -0.2) is 0 Å². The number of amides is 1. The topological polar surface area (TPSA) is 66.9 Å². The van der Waals surface area contributed by atoms with Gasteiger partial charge in [-0.3, -0.25) is 4.79 Å². The lowest BCUT2D eigenvalue weighted by molar-refractivity contribution is 0.102. The largest absolute Gasteiger partial charge is 0.363 e. The molecule has 0 unspecified atom stereocenters. The summed E-state index contributed by atoms with van der Waals surface area (Å²) in [6, 6.07) is 7.77. The third kappa shape index (κ3) is 2.84. The quantitative estimate of drug-likeness (QED) is 0.888. The summed E-state index contributed by atoms with van der Waals surface area (Å²) in [6.45, 7) is 2.07. The number of hydrogen-bond donors (Lipinski definition) is 2. The third-order valence-electron chi connectivity index (χ3n) is 2.43. The summed E-state index contributed by atoms with van der Waals surface area (Å²) < 4.78 is 0. The fourth-order valence-corrected chi connectivity index (χ4v) is 2.06. The molecular formula is C12H14N4OS. The molecule has 18 heavy (non-hydrogen) atoms. The lowest BCUT2D eigenvalue weighted by Gasteiger charge is -2.04. The number of carbonyl (C=O) groups excluding carboxylic acids is 1. The molecule has 2 aromatic rings. The van der Waals surface area contributed by atoms with Crippen LogP contribution in [0.25, 0.3) is 0 Å². The molecule has 0 aliphatic carbocycles. The van der Waals surface area contributed by atoms with Crippen LogP contribution in [0.1, 0.15) is 22.3 Å². The first-order valence-electron chi connectivity index (χ1n) is 5.64. The molecule has 6 heteroatoms.